The molecule has 1 unspecified atom stereocenters. The molecule has 4 rings (SSSR count). The molecule has 0 aliphatic heterocycles. The van der Waals surface area contributed by atoms with Gasteiger partial charge in [0.25, 0.3) is 5.91 Å². The Balaban J connectivity index is 1.80. The Morgan fingerprint density at radius 2 is 1.90 bits per heavy atom. The summed E-state index contributed by atoms with van der Waals surface area (Å²) in [5, 5.41) is 6.32. The molecule has 1 aliphatic rings. The number of rotatable bonds is 4. The number of amides is 2. The van der Waals surface area contributed by atoms with Gasteiger partial charge in [-0.15, -0.1) is 11.3 Å². The van der Waals surface area contributed by atoms with Crippen molar-refractivity contribution < 1.29 is 19.1 Å². The van der Waals surface area contributed by atoms with E-state index >= 15 is 0 Å². The molecule has 1 aliphatic carbocycles. The van der Waals surface area contributed by atoms with Crippen LogP contribution in [0.1, 0.15) is 53.7 Å². The zero-order chi connectivity index (χ0) is 21.3. The van der Waals surface area contributed by atoms with Gasteiger partial charge in [-0.05, 0) is 37.5 Å². The summed E-state index contributed by atoms with van der Waals surface area (Å²) in [6.45, 7) is 2.79. The van der Waals surface area contributed by atoms with Gasteiger partial charge in [0.15, 0.2) is 0 Å². The summed E-state index contributed by atoms with van der Waals surface area (Å²) < 4.78 is 5.48. The van der Waals surface area contributed by atoms with E-state index in [1.54, 1.807) is 12.1 Å². The Hall–Kier alpha value is -3.26. The predicted molar refractivity (Wildman–Crippen MR) is 116 cm³/mol. The number of aromatic nitrogens is 1. The van der Waals surface area contributed by atoms with Crippen molar-refractivity contribution in [3.63, 3.8) is 0 Å². The van der Waals surface area contributed by atoms with E-state index in [1.165, 1.54) is 25.2 Å². The van der Waals surface area contributed by atoms with Crippen molar-refractivity contribution in [3.8, 4) is 0 Å². The first-order valence-electron chi connectivity index (χ1n) is 9.70. The summed E-state index contributed by atoms with van der Waals surface area (Å²) in [5.41, 5.74) is 2.79. The lowest BCUT2D eigenvalue weighted by molar-refractivity contribution is -0.147. The first-order valence-corrected chi connectivity index (χ1v) is 10.5. The Bertz CT molecular complexity index is 1140. The van der Waals surface area contributed by atoms with Crippen molar-refractivity contribution in [1.29, 1.82) is 0 Å². The van der Waals surface area contributed by atoms with Crippen molar-refractivity contribution in [3.05, 3.63) is 52.5 Å². The summed E-state index contributed by atoms with van der Waals surface area (Å²) in [6, 6.07) is 11.0. The van der Waals surface area contributed by atoms with Crippen LogP contribution in [-0.4, -0.2) is 22.8 Å². The summed E-state index contributed by atoms with van der Waals surface area (Å²) in [4.78, 5) is 42.1. The summed E-state index contributed by atoms with van der Waals surface area (Å²) in [6.07, 6.45) is 2.01. The maximum absolute atomic E-state index is 13.0. The van der Waals surface area contributed by atoms with Gasteiger partial charge in [-0.1, -0.05) is 18.2 Å². The highest BCUT2D eigenvalue weighted by Gasteiger charge is 2.28. The van der Waals surface area contributed by atoms with Crippen LogP contribution in [0, 0.1) is 0 Å². The fourth-order valence-corrected chi connectivity index (χ4v) is 4.68. The number of esters is 1. The minimum atomic E-state index is -0.366. The molecule has 2 N–H and O–H groups in total. The van der Waals surface area contributed by atoms with Gasteiger partial charge >= 0.3 is 5.97 Å². The van der Waals surface area contributed by atoms with Gasteiger partial charge in [0.05, 0.1) is 5.69 Å². The Kier molecular flexibility index (Phi) is 5.50. The van der Waals surface area contributed by atoms with Gasteiger partial charge in [0.1, 0.15) is 15.8 Å². The number of thiophene rings is 1. The van der Waals surface area contributed by atoms with Crippen LogP contribution in [-0.2, 0) is 20.7 Å². The number of ether oxygens (including phenoxy) is 1. The van der Waals surface area contributed by atoms with E-state index in [-0.39, 0.29) is 23.9 Å². The number of para-hydroxylation sites is 1. The van der Waals surface area contributed by atoms with E-state index in [1.807, 2.05) is 24.3 Å². The molecule has 0 bridgehead atoms. The lowest BCUT2D eigenvalue weighted by Crippen LogP contribution is -2.16. The van der Waals surface area contributed by atoms with E-state index in [4.69, 9.17) is 9.72 Å². The van der Waals surface area contributed by atoms with Gasteiger partial charge in [0, 0.05) is 36.2 Å². The number of anilines is 2. The highest BCUT2D eigenvalue weighted by Crippen LogP contribution is 2.40. The molecule has 30 heavy (non-hydrogen) atoms. The topological polar surface area (TPSA) is 97.4 Å². The predicted octanol–water partition coefficient (Wildman–Crippen LogP) is 4.45. The molecule has 0 spiro atoms. The summed E-state index contributed by atoms with van der Waals surface area (Å²) in [7, 11) is 0. The van der Waals surface area contributed by atoms with Crippen LogP contribution in [0.4, 0.5) is 11.4 Å². The van der Waals surface area contributed by atoms with E-state index in [9.17, 15) is 14.4 Å². The zero-order valence-electron chi connectivity index (χ0n) is 16.7. The number of carbonyl (C=O) groups is 3. The molecule has 0 radical (unpaired) electrons. The van der Waals surface area contributed by atoms with Crippen molar-refractivity contribution in [2.24, 2.45) is 0 Å². The minimum Gasteiger partial charge on any atom is -0.458 e. The quantitative estimate of drug-likeness (QED) is 0.605. The average molecular weight is 423 g/mol. The molecule has 7 nitrogen and oxygen atoms in total. The van der Waals surface area contributed by atoms with Crippen LogP contribution < -0.4 is 10.6 Å². The van der Waals surface area contributed by atoms with Crippen molar-refractivity contribution in [2.75, 3.05) is 10.6 Å². The molecule has 2 heterocycles. The highest BCUT2D eigenvalue weighted by molar-refractivity contribution is 7.21. The monoisotopic (exact) mass is 423 g/mol. The molecule has 2 aromatic heterocycles. The van der Waals surface area contributed by atoms with Gasteiger partial charge in [-0.2, -0.15) is 0 Å². The number of benzene rings is 1. The SMILES string of the molecule is CC(=O)Nc1c(C(=O)Nc2ccccc2)sc2nc3c(cc12)C(OC(C)=O)CCC3. The number of pyridine rings is 1. The minimum absolute atomic E-state index is 0.280. The van der Waals surface area contributed by atoms with Gasteiger partial charge < -0.3 is 15.4 Å². The Labute approximate surface area is 177 Å². The molecule has 1 aromatic carbocycles. The normalized spacial score (nSPS) is 15.3. The van der Waals surface area contributed by atoms with Crippen LogP contribution in [0.15, 0.2) is 36.4 Å². The second kappa shape index (κ2) is 8.23. The Morgan fingerprint density at radius 3 is 2.60 bits per heavy atom. The van der Waals surface area contributed by atoms with Crippen molar-refractivity contribution in [2.45, 2.75) is 39.2 Å². The first kappa shape index (κ1) is 20.0. The maximum atomic E-state index is 13.0. The Morgan fingerprint density at radius 1 is 1.13 bits per heavy atom. The lowest BCUT2D eigenvalue weighted by atomic mass is 9.92. The van der Waals surface area contributed by atoms with Crippen LogP contribution in [0.2, 0.25) is 0 Å². The average Bonchev–Trinajstić information content (AvgIpc) is 3.04. The number of carbonyl (C=O) groups excluding carboxylic acids is 3. The second-order valence-corrected chi connectivity index (χ2v) is 8.17. The highest BCUT2D eigenvalue weighted by atomic mass is 32.1. The number of nitrogens with one attached hydrogen (secondary N) is 2. The van der Waals surface area contributed by atoms with Gasteiger partial charge in [-0.25, -0.2) is 4.98 Å². The van der Waals surface area contributed by atoms with Gasteiger partial charge in [0.2, 0.25) is 5.91 Å². The van der Waals surface area contributed by atoms with Crippen LogP contribution in [0.5, 0.6) is 0 Å². The van der Waals surface area contributed by atoms with E-state index in [0.29, 0.717) is 26.5 Å². The van der Waals surface area contributed by atoms with Crippen molar-refractivity contribution in [1.82, 2.24) is 4.98 Å². The molecule has 2 amide bonds. The smallest absolute Gasteiger partial charge is 0.303 e. The number of hydrogen-bond donors (Lipinski definition) is 2. The molecule has 1 atom stereocenters. The third-order valence-electron chi connectivity index (χ3n) is 4.87. The third-order valence-corrected chi connectivity index (χ3v) is 5.97. The molecule has 0 saturated carbocycles. The van der Waals surface area contributed by atoms with Crippen molar-refractivity contribution >= 4 is 50.7 Å². The number of fused-ring (bicyclic) bond motifs is 2. The fourth-order valence-electron chi connectivity index (χ4n) is 3.66. The molecule has 3 aromatic rings. The number of hydrogen-bond acceptors (Lipinski definition) is 6. The van der Waals surface area contributed by atoms with Crippen LogP contribution >= 0.6 is 11.3 Å². The summed E-state index contributed by atoms with van der Waals surface area (Å²) >= 11 is 1.24. The number of aryl methyl sites for hydroxylation is 1. The fraction of sp³-hybridized carbons (Fsp3) is 0.273. The van der Waals surface area contributed by atoms with Crippen LogP contribution in [0.3, 0.4) is 0 Å². The maximum Gasteiger partial charge on any atom is 0.303 e. The lowest BCUT2D eigenvalue weighted by Gasteiger charge is -2.24. The molecule has 154 valence electrons. The standard InChI is InChI=1S/C22H21N3O4S/c1-12(26)23-19-16-11-15-17(9-6-10-18(15)29-13(2)27)25-22(16)30-20(19)21(28)24-14-7-4-3-5-8-14/h3-5,7-8,11,18H,6,9-10H2,1-2H3,(H,23,26)(H,24,28). The molecular formula is C22H21N3O4S. The van der Waals surface area contributed by atoms with E-state index < -0.39 is 0 Å². The van der Waals surface area contributed by atoms with Gasteiger partial charge in [-0.3, -0.25) is 14.4 Å². The van der Waals surface area contributed by atoms with E-state index in [2.05, 4.69) is 10.6 Å². The third kappa shape index (κ3) is 4.04. The molecule has 0 saturated heterocycles. The molecule has 8 heteroatoms. The second-order valence-electron chi connectivity index (χ2n) is 7.17. The number of nitrogens with zero attached hydrogens (tertiary/aromatic N) is 1. The molecule has 0 fully saturated rings. The zero-order valence-corrected chi connectivity index (χ0v) is 17.5. The van der Waals surface area contributed by atoms with Crippen LogP contribution in [0.25, 0.3) is 10.2 Å². The summed E-state index contributed by atoms with van der Waals surface area (Å²) in [5.74, 6) is -0.941. The van der Waals surface area contributed by atoms with E-state index in [0.717, 1.165) is 30.5 Å². The first-order chi connectivity index (χ1) is 14.4. The largest absolute Gasteiger partial charge is 0.458 e. The molecular weight excluding hydrogens is 402 g/mol.